The highest BCUT2D eigenvalue weighted by Crippen LogP contribution is 2.31. The van der Waals surface area contributed by atoms with Crippen LogP contribution in [0.15, 0.2) is 12.1 Å². The maximum atomic E-state index is 12.5. The van der Waals surface area contributed by atoms with E-state index in [0.29, 0.717) is 11.8 Å². The first-order chi connectivity index (χ1) is 7.86. The Bertz CT molecular complexity index is 306. The summed E-state index contributed by atoms with van der Waals surface area (Å²) in [7, 11) is 2.08. The predicted molar refractivity (Wildman–Crippen MR) is 63.8 cm³/mol. The SMILES string of the molecule is C=C(CN1CC2CCN(C)CC2C1)[B-](F)(F)F. The molecule has 6 heteroatoms. The summed E-state index contributed by atoms with van der Waals surface area (Å²) in [4.78, 5) is 4.19. The van der Waals surface area contributed by atoms with Gasteiger partial charge in [0.25, 0.3) is 0 Å². The van der Waals surface area contributed by atoms with Crippen LogP contribution in [0.25, 0.3) is 0 Å². The highest BCUT2D eigenvalue weighted by Gasteiger charge is 2.37. The van der Waals surface area contributed by atoms with Crippen LogP contribution in [0.3, 0.4) is 0 Å². The van der Waals surface area contributed by atoms with Gasteiger partial charge in [-0.05, 0) is 38.4 Å². The zero-order valence-electron chi connectivity index (χ0n) is 10.2. The molecule has 0 bridgehead atoms. The molecule has 2 aliphatic heterocycles. The molecule has 2 fully saturated rings. The van der Waals surface area contributed by atoms with Gasteiger partial charge in [0.2, 0.25) is 0 Å². The molecule has 2 saturated heterocycles. The van der Waals surface area contributed by atoms with Crippen molar-refractivity contribution in [2.75, 3.05) is 39.8 Å². The lowest BCUT2D eigenvalue weighted by Gasteiger charge is -2.31. The van der Waals surface area contributed by atoms with Gasteiger partial charge in [0.15, 0.2) is 0 Å². The summed E-state index contributed by atoms with van der Waals surface area (Å²) >= 11 is 0. The van der Waals surface area contributed by atoms with Crippen LogP contribution in [0.4, 0.5) is 12.9 Å². The topological polar surface area (TPSA) is 6.48 Å². The summed E-state index contributed by atoms with van der Waals surface area (Å²) in [5.41, 5.74) is -0.558. The number of hydrogen-bond acceptors (Lipinski definition) is 2. The van der Waals surface area contributed by atoms with Gasteiger partial charge in [0, 0.05) is 19.6 Å². The minimum atomic E-state index is -4.87. The van der Waals surface area contributed by atoms with Gasteiger partial charge >= 0.3 is 6.98 Å². The van der Waals surface area contributed by atoms with Gasteiger partial charge in [0.1, 0.15) is 0 Å². The van der Waals surface area contributed by atoms with E-state index in [9.17, 15) is 12.9 Å². The average molecular weight is 247 g/mol. The van der Waals surface area contributed by atoms with Crippen LogP contribution in [0.1, 0.15) is 6.42 Å². The number of fused-ring (bicyclic) bond motifs is 1. The maximum absolute atomic E-state index is 12.5. The van der Waals surface area contributed by atoms with Crippen LogP contribution in [0.2, 0.25) is 0 Å². The third kappa shape index (κ3) is 3.04. The largest absolute Gasteiger partial charge is 0.506 e. The van der Waals surface area contributed by atoms with Crippen molar-refractivity contribution in [3.05, 3.63) is 12.1 Å². The predicted octanol–water partition coefficient (Wildman–Crippen LogP) is 1.81. The fourth-order valence-electron chi connectivity index (χ4n) is 2.97. The Morgan fingerprint density at radius 2 is 1.88 bits per heavy atom. The Balaban J connectivity index is 1.88. The van der Waals surface area contributed by atoms with Gasteiger partial charge in [-0.15, -0.1) is 12.1 Å². The quantitative estimate of drug-likeness (QED) is 0.702. The van der Waals surface area contributed by atoms with E-state index < -0.39 is 12.4 Å². The Morgan fingerprint density at radius 3 is 2.53 bits per heavy atom. The molecule has 0 spiro atoms. The molecule has 2 unspecified atom stereocenters. The summed E-state index contributed by atoms with van der Waals surface area (Å²) in [5, 5.41) is 0. The summed E-state index contributed by atoms with van der Waals surface area (Å²) in [6.45, 7) is 1.99. The number of rotatable bonds is 3. The summed E-state index contributed by atoms with van der Waals surface area (Å²) in [5.74, 6) is 1.13. The van der Waals surface area contributed by atoms with Crippen LogP contribution in [0, 0.1) is 11.8 Å². The molecule has 2 aliphatic rings. The molecule has 2 atom stereocenters. The highest BCUT2D eigenvalue weighted by molar-refractivity contribution is 6.66. The van der Waals surface area contributed by atoms with Crippen molar-refractivity contribution < 1.29 is 12.9 Å². The van der Waals surface area contributed by atoms with Gasteiger partial charge in [-0.3, -0.25) is 0 Å². The lowest BCUT2D eigenvalue weighted by atomic mass is 9.80. The second-order valence-corrected chi connectivity index (χ2v) is 5.50. The molecular formula is C11H19BF3N2-. The van der Waals surface area contributed by atoms with Crippen molar-refractivity contribution in [2.45, 2.75) is 6.42 Å². The highest BCUT2D eigenvalue weighted by atomic mass is 19.4. The Hall–Kier alpha value is -0.485. The third-order valence-electron chi connectivity index (χ3n) is 3.97. The van der Waals surface area contributed by atoms with Crippen LogP contribution in [-0.2, 0) is 0 Å². The Morgan fingerprint density at radius 1 is 1.24 bits per heavy atom. The zero-order valence-corrected chi connectivity index (χ0v) is 10.2. The first-order valence-electron chi connectivity index (χ1n) is 6.15. The number of likely N-dealkylation sites (tertiary alicyclic amines) is 2. The monoisotopic (exact) mass is 247 g/mol. The van der Waals surface area contributed by atoms with Gasteiger partial charge in [0.05, 0.1) is 0 Å². The van der Waals surface area contributed by atoms with E-state index >= 15 is 0 Å². The molecule has 0 radical (unpaired) electrons. The normalized spacial score (nSPS) is 31.5. The fourth-order valence-corrected chi connectivity index (χ4v) is 2.97. The molecule has 2 nitrogen and oxygen atoms in total. The molecule has 0 aromatic carbocycles. The summed E-state index contributed by atoms with van der Waals surface area (Å²) in [6.07, 6.45) is 1.11. The van der Waals surface area contributed by atoms with E-state index in [1.807, 2.05) is 4.90 Å². The zero-order chi connectivity index (χ0) is 12.6. The van der Waals surface area contributed by atoms with Crippen molar-refractivity contribution >= 4 is 6.98 Å². The molecule has 2 rings (SSSR count). The second kappa shape index (κ2) is 4.65. The first-order valence-corrected chi connectivity index (χ1v) is 6.15. The van der Waals surface area contributed by atoms with Gasteiger partial charge in [-0.1, -0.05) is 0 Å². The minimum absolute atomic E-state index is 0.000213. The van der Waals surface area contributed by atoms with Crippen molar-refractivity contribution in [1.82, 2.24) is 9.80 Å². The fraction of sp³-hybridized carbons (Fsp3) is 0.818. The molecular weight excluding hydrogens is 228 g/mol. The van der Waals surface area contributed by atoms with Crippen molar-refractivity contribution in [2.24, 2.45) is 11.8 Å². The molecule has 0 saturated carbocycles. The van der Waals surface area contributed by atoms with Gasteiger partial charge in [-0.2, -0.15) is 0 Å². The molecule has 0 aliphatic carbocycles. The first kappa shape index (κ1) is 13.0. The smallest absolute Gasteiger partial charge is 0.445 e. The molecule has 0 aromatic heterocycles. The Labute approximate surface area is 101 Å². The molecule has 98 valence electrons. The molecule has 2 heterocycles. The number of nitrogens with zero attached hydrogens (tertiary/aromatic N) is 2. The van der Waals surface area contributed by atoms with Gasteiger partial charge in [-0.25, -0.2) is 0 Å². The van der Waals surface area contributed by atoms with E-state index in [1.165, 1.54) is 0 Å². The van der Waals surface area contributed by atoms with E-state index in [1.54, 1.807) is 0 Å². The number of piperidine rings is 1. The molecule has 0 aromatic rings. The van der Waals surface area contributed by atoms with Crippen molar-refractivity contribution in [3.63, 3.8) is 0 Å². The molecule has 0 amide bonds. The number of halogens is 3. The second-order valence-electron chi connectivity index (χ2n) is 5.50. The summed E-state index contributed by atoms with van der Waals surface area (Å²) in [6, 6.07) is 0. The van der Waals surface area contributed by atoms with E-state index in [2.05, 4.69) is 18.5 Å². The average Bonchev–Trinajstić information content (AvgIpc) is 2.57. The lowest BCUT2D eigenvalue weighted by molar-refractivity contribution is 0.178. The molecule has 0 N–H and O–H groups in total. The molecule has 17 heavy (non-hydrogen) atoms. The lowest BCUT2D eigenvalue weighted by Crippen LogP contribution is -2.37. The van der Waals surface area contributed by atoms with E-state index in [0.717, 1.165) is 32.6 Å². The maximum Gasteiger partial charge on any atom is 0.506 e. The van der Waals surface area contributed by atoms with E-state index in [-0.39, 0.29) is 6.54 Å². The third-order valence-corrected chi connectivity index (χ3v) is 3.97. The van der Waals surface area contributed by atoms with Crippen molar-refractivity contribution in [1.29, 1.82) is 0 Å². The van der Waals surface area contributed by atoms with Crippen LogP contribution < -0.4 is 0 Å². The Kier molecular flexibility index (Phi) is 3.54. The van der Waals surface area contributed by atoms with Crippen LogP contribution in [-0.4, -0.2) is 56.5 Å². The standard InChI is InChI=1S/C11H19BF3N2/c1-9(12(13,14)15)5-17-7-10-3-4-16(2)6-11(10)8-17/h10-11H,1,3-8H2,2H3/q-1. The van der Waals surface area contributed by atoms with Crippen LogP contribution >= 0.6 is 0 Å². The van der Waals surface area contributed by atoms with E-state index in [4.69, 9.17) is 0 Å². The van der Waals surface area contributed by atoms with Crippen molar-refractivity contribution in [3.8, 4) is 0 Å². The number of hydrogen-bond donors (Lipinski definition) is 0. The minimum Gasteiger partial charge on any atom is -0.445 e. The van der Waals surface area contributed by atoms with Gasteiger partial charge < -0.3 is 22.7 Å². The van der Waals surface area contributed by atoms with Crippen LogP contribution in [0.5, 0.6) is 0 Å². The summed E-state index contributed by atoms with van der Waals surface area (Å²) < 4.78 is 37.4.